The summed E-state index contributed by atoms with van der Waals surface area (Å²) < 4.78 is 47.6. The summed E-state index contributed by atoms with van der Waals surface area (Å²) >= 11 is 1.41. The second kappa shape index (κ2) is 42.2. The zero-order valence-corrected chi connectivity index (χ0v) is 37.5. The molecule has 0 aliphatic carbocycles. The molecule has 0 radical (unpaired) electrons. The van der Waals surface area contributed by atoms with Crippen LogP contribution in [0.3, 0.4) is 0 Å². The fraction of sp³-hybridized carbons (Fsp3) is 0.886. The number of aliphatic hydroxyl groups is 1. The van der Waals surface area contributed by atoms with E-state index in [0.29, 0.717) is 24.3 Å². The molecular formula is C44H80F3NO10S. The Morgan fingerprint density at radius 3 is 1.34 bits per heavy atom. The molecule has 0 rings (SSSR count). The van der Waals surface area contributed by atoms with Gasteiger partial charge in [0.05, 0.1) is 13.7 Å². The summed E-state index contributed by atoms with van der Waals surface area (Å²) in [5.74, 6) is -3.63. The minimum absolute atomic E-state index is 0.00422. The van der Waals surface area contributed by atoms with Crippen molar-refractivity contribution in [2.45, 2.75) is 218 Å². The molecule has 11 nitrogen and oxygen atoms in total. The van der Waals surface area contributed by atoms with E-state index in [4.69, 9.17) is 19.4 Å². The Morgan fingerprint density at radius 2 is 0.983 bits per heavy atom. The first kappa shape index (κ1) is 58.5. The maximum Gasteiger partial charge on any atom is 0.490 e. The van der Waals surface area contributed by atoms with Crippen LogP contribution in [-0.4, -0.2) is 90.1 Å². The summed E-state index contributed by atoms with van der Waals surface area (Å²) in [7, 11) is 1.19. The van der Waals surface area contributed by atoms with Gasteiger partial charge in [-0.05, 0) is 12.8 Å². The highest BCUT2D eigenvalue weighted by atomic mass is 32.2. The molecule has 0 aromatic rings. The number of alkyl halides is 3. The van der Waals surface area contributed by atoms with E-state index in [9.17, 15) is 37.5 Å². The van der Waals surface area contributed by atoms with Crippen LogP contribution in [0.5, 0.6) is 0 Å². The summed E-state index contributed by atoms with van der Waals surface area (Å²) in [5.41, 5.74) is 0. The molecule has 0 spiro atoms. The summed E-state index contributed by atoms with van der Waals surface area (Å²) in [4.78, 5) is 58.0. The van der Waals surface area contributed by atoms with Crippen molar-refractivity contribution in [3.63, 3.8) is 0 Å². The van der Waals surface area contributed by atoms with Gasteiger partial charge in [0.1, 0.15) is 12.7 Å². The standard InChI is InChI=1S/C42H79NO8S.C2HF3O2/c1-4-6-8-10-12-14-16-18-20-22-24-26-28-30-40(46)50-35-37(36-52-33-32-39(45)43-38(34-44)42(48)49-3)51-41(47)31-29-27-25-23-21-19-17-15-13-11-9-7-5-2;3-2(4,5)1(6)7/h37-38,44H,4-36H2,1-3H3,(H,43,45);(H,6,7)/t37-,38+;/m1./s1. The number of carboxylic acids is 1. The van der Waals surface area contributed by atoms with E-state index in [1.807, 2.05) is 0 Å². The zero-order chi connectivity index (χ0) is 44.4. The number of esters is 3. The van der Waals surface area contributed by atoms with Crippen LogP contribution < -0.4 is 5.32 Å². The number of carboxylic acid groups (broad SMARTS) is 1. The molecule has 1 amide bonds. The SMILES string of the molecule is CCCCCCCCCCCCCCCC(=O)OC[C@H](CSCCC(=O)N[C@@H](CO)C(=O)OC)OC(=O)CCCCCCCCCCCCCCC.O=C(O)C(F)(F)F. The average molecular weight is 872 g/mol. The topological polar surface area (TPSA) is 166 Å². The lowest BCUT2D eigenvalue weighted by Crippen LogP contribution is -2.44. The molecule has 0 aliphatic rings. The molecule has 0 aromatic carbocycles. The van der Waals surface area contributed by atoms with Crippen molar-refractivity contribution < 1.29 is 61.6 Å². The summed E-state index contributed by atoms with van der Waals surface area (Å²) in [6, 6.07) is -1.10. The Hall–Kier alpha value is -2.55. The molecule has 0 saturated carbocycles. The second-order valence-electron chi connectivity index (χ2n) is 15.2. The van der Waals surface area contributed by atoms with Gasteiger partial charge in [-0.3, -0.25) is 14.4 Å². The summed E-state index contributed by atoms with van der Waals surface area (Å²) in [6.07, 6.45) is 27.3. The normalized spacial score (nSPS) is 12.2. The predicted molar refractivity (Wildman–Crippen MR) is 228 cm³/mol. The van der Waals surface area contributed by atoms with Crippen LogP contribution in [0.4, 0.5) is 13.2 Å². The Labute approximate surface area is 357 Å². The molecule has 0 bridgehead atoms. The van der Waals surface area contributed by atoms with Crippen LogP contribution >= 0.6 is 11.8 Å². The van der Waals surface area contributed by atoms with Crippen molar-refractivity contribution in [1.29, 1.82) is 0 Å². The number of unbranched alkanes of at least 4 members (excludes halogenated alkanes) is 24. The number of hydrogen-bond donors (Lipinski definition) is 3. The number of aliphatic carboxylic acids is 1. The van der Waals surface area contributed by atoms with Gasteiger partial charge in [-0.15, -0.1) is 0 Å². The van der Waals surface area contributed by atoms with Crippen molar-refractivity contribution in [3.05, 3.63) is 0 Å². The molecule has 0 aliphatic heterocycles. The second-order valence-corrected chi connectivity index (χ2v) is 16.4. The molecular weight excluding hydrogens is 792 g/mol. The number of hydrogen-bond acceptors (Lipinski definition) is 10. The number of nitrogens with one attached hydrogen (secondary N) is 1. The number of rotatable bonds is 39. The lowest BCUT2D eigenvalue weighted by atomic mass is 10.0. The van der Waals surface area contributed by atoms with Gasteiger partial charge in [-0.25, -0.2) is 9.59 Å². The quantitative estimate of drug-likeness (QED) is 0.0306. The van der Waals surface area contributed by atoms with Crippen molar-refractivity contribution in [2.24, 2.45) is 0 Å². The third-order valence-electron chi connectivity index (χ3n) is 9.72. The maximum absolute atomic E-state index is 12.7. The molecule has 0 heterocycles. The minimum Gasteiger partial charge on any atom is -0.475 e. The molecule has 0 aromatic heterocycles. The van der Waals surface area contributed by atoms with Gasteiger partial charge < -0.3 is 29.7 Å². The molecule has 3 N–H and O–H groups in total. The Morgan fingerprint density at radius 1 is 0.610 bits per heavy atom. The van der Waals surface area contributed by atoms with Gasteiger partial charge in [-0.2, -0.15) is 24.9 Å². The first-order valence-corrected chi connectivity index (χ1v) is 23.7. The molecule has 59 heavy (non-hydrogen) atoms. The number of thioether (sulfide) groups is 1. The highest BCUT2D eigenvalue weighted by Crippen LogP contribution is 2.17. The minimum atomic E-state index is -5.08. The fourth-order valence-corrected chi connectivity index (χ4v) is 7.08. The first-order valence-electron chi connectivity index (χ1n) is 22.5. The van der Waals surface area contributed by atoms with Gasteiger partial charge in [0.15, 0.2) is 6.04 Å². The van der Waals surface area contributed by atoms with Crippen LogP contribution in [0.1, 0.15) is 200 Å². The number of methoxy groups -OCH3 is 1. The Bertz CT molecular complexity index is 1050. The van der Waals surface area contributed by atoms with Crippen LogP contribution in [0.2, 0.25) is 0 Å². The van der Waals surface area contributed by atoms with E-state index in [-0.39, 0.29) is 25.0 Å². The van der Waals surface area contributed by atoms with Crippen molar-refractivity contribution in [3.8, 4) is 0 Å². The van der Waals surface area contributed by atoms with Gasteiger partial charge in [0.25, 0.3) is 0 Å². The molecule has 348 valence electrons. The Kier molecular flexibility index (Phi) is 41.8. The number of halogens is 3. The monoisotopic (exact) mass is 872 g/mol. The fourth-order valence-electron chi connectivity index (χ4n) is 6.16. The molecule has 0 fully saturated rings. The van der Waals surface area contributed by atoms with E-state index < -0.39 is 42.8 Å². The van der Waals surface area contributed by atoms with Crippen LogP contribution in [0.25, 0.3) is 0 Å². The number of carbonyl (C=O) groups excluding carboxylic acids is 4. The summed E-state index contributed by atoms with van der Waals surface area (Å²) in [6.45, 7) is 3.95. The molecule has 0 saturated heterocycles. The molecule has 0 unspecified atom stereocenters. The van der Waals surface area contributed by atoms with E-state index in [1.165, 1.54) is 147 Å². The summed E-state index contributed by atoms with van der Waals surface area (Å²) in [5, 5.41) is 18.9. The highest BCUT2D eigenvalue weighted by Gasteiger charge is 2.38. The third kappa shape index (κ3) is 42.0. The van der Waals surface area contributed by atoms with E-state index in [1.54, 1.807) is 0 Å². The predicted octanol–water partition coefficient (Wildman–Crippen LogP) is 10.8. The van der Waals surface area contributed by atoms with Crippen LogP contribution in [0.15, 0.2) is 0 Å². The first-order chi connectivity index (χ1) is 28.3. The third-order valence-corrected chi connectivity index (χ3v) is 10.8. The van der Waals surface area contributed by atoms with E-state index in [2.05, 4.69) is 23.9 Å². The van der Waals surface area contributed by atoms with Gasteiger partial charge in [0.2, 0.25) is 5.91 Å². The van der Waals surface area contributed by atoms with E-state index >= 15 is 0 Å². The Balaban J connectivity index is 0. The van der Waals surface area contributed by atoms with Crippen LogP contribution in [-0.2, 0) is 38.2 Å². The smallest absolute Gasteiger partial charge is 0.475 e. The van der Waals surface area contributed by atoms with Gasteiger partial charge in [0, 0.05) is 30.8 Å². The number of amides is 1. The number of carbonyl (C=O) groups is 5. The maximum atomic E-state index is 12.7. The van der Waals surface area contributed by atoms with E-state index in [0.717, 1.165) is 38.5 Å². The lowest BCUT2D eigenvalue weighted by molar-refractivity contribution is -0.192. The molecule has 2 atom stereocenters. The van der Waals surface area contributed by atoms with Gasteiger partial charge in [-0.1, -0.05) is 168 Å². The lowest BCUT2D eigenvalue weighted by Gasteiger charge is -2.18. The van der Waals surface area contributed by atoms with Crippen molar-refractivity contribution in [1.82, 2.24) is 5.32 Å². The highest BCUT2D eigenvalue weighted by molar-refractivity contribution is 7.99. The largest absolute Gasteiger partial charge is 0.490 e. The molecule has 15 heteroatoms. The zero-order valence-electron chi connectivity index (χ0n) is 36.7. The van der Waals surface area contributed by atoms with Crippen molar-refractivity contribution in [2.75, 3.05) is 31.8 Å². The van der Waals surface area contributed by atoms with Crippen LogP contribution in [0, 0.1) is 0 Å². The van der Waals surface area contributed by atoms with Crippen molar-refractivity contribution >= 4 is 41.5 Å². The number of aliphatic hydroxyl groups excluding tert-OH is 1. The van der Waals surface area contributed by atoms with Gasteiger partial charge >= 0.3 is 30.1 Å². The average Bonchev–Trinajstić information content (AvgIpc) is 3.20. The number of ether oxygens (including phenoxy) is 3.